The molecule has 2 bridgehead atoms. The lowest BCUT2D eigenvalue weighted by Crippen LogP contribution is -2.45. The number of halogens is 1. The average Bonchev–Trinajstić information content (AvgIpc) is 2.63. The van der Waals surface area contributed by atoms with Crippen LogP contribution in [-0.2, 0) is 0 Å². The van der Waals surface area contributed by atoms with Gasteiger partial charge in [0.1, 0.15) is 0 Å². The standard InChI is InChI=1S/C12H16FN3O2/c1-18-11-10(13)6-14-12(15-11)16-7-2-3-8(16)5-9(17)4-7/h6-9,17H,2-5H2,1H3/t7-,8+,9?. The fourth-order valence-corrected chi connectivity index (χ4v) is 3.09. The van der Waals surface area contributed by atoms with Crippen LogP contribution >= 0.6 is 0 Å². The first kappa shape index (κ1) is 11.6. The maximum Gasteiger partial charge on any atom is 0.255 e. The van der Waals surface area contributed by atoms with Crippen molar-refractivity contribution < 1.29 is 14.2 Å². The molecule has 0 saturated carbocycles. The third-order valence-corrected chi connectivity index (χ3v) is 3.83. The highest BCUT2D eigenvalue weighted by Gasteiger charge is 2.41. The number of nitrogens with zero attached hydrogens (tertiary/aromatic N) is 3. The summed E-state index contributed by atoms with van der Waals surface area (Å²) in [6.07, 6.45) is 4.45. The molecule has 2 aliphatic heterocycles. The van der Waals surface area contributed by atoms with Gasteiger partial charge in [0.2, 0.25) is 11.8 Å². The highest BCUT2D eigenvalue weighted by Crippen LogP contribution is 2.38. The molecule has 18 heavy (non-hydrogen) atoms. The Hall–Kier alpha value is -1.43. The van der Waals surface area contributed by atoms with Gasteiger partial charge in [0.15, 0.2) is 0 Å². The lowest BCUT2D eigenvalue weighted by molar-refractivity contribution is 0.125. The van der Waals surface area contributed by atoms with Crippen molar-refractivity contribution in [3.8, 4) is 5.88 Å². The minimum absolute atomic E-state index is 0.0227. The Morgan fingerprint density at radius 2 is 2.06 bits per heavy atom. The number of anilines is 1. The molecule has 2 saturated heterocycles. The summed E-state index contributed by atoms with van der Waals surface area (Å²) in [5.41, 5.74) is 0. The van der Waals surface area contributed by atoms with E-state index >= 15 is 0 Å². The van der Waals surface area contributed by atoms with Crippen LogP contribution in [0.4, 0.5) is 10.3 Å². The van der Waals surface area contributed by atoms with Crippen LogP contribution in [-0.4, -0.2) is 40.4 Å². The van der Waals surface area contributed by atoms with Crippen molar-refractivity contribution in [3.63, 3.8) is 0 Å². The molecule has 2 aliphatic rings. The lowest BCUT2D eigenvalue weighted by atomic mass is 10.0. The van der Waals surface area contributed by atoms with Crippen LogP contribution in [0.25, 0.3) is 0 Å². The topological polar surface area (TPSA) is 58.5 Å². The largest absolute Gasteiger partial charge is 0.479 e. The van der Waals surface area contributed by atoms with Crippen LogP contribution in [0.1, 0.15) is 25.7 Å². The molecule has 0 spiro atoms. The SMILES string of the molecule is COc1nc(N2[C@@H]3CC[C@H]2CC(O)C3)ncc1F. The monoisotopic (exact) mass is 253 g/mol. The Labute approximate surface area is 105 Å². The highest BCUT2D eigenvalue weighted by molar-refractivity contribution is 5.39. The van der Waals surface area contributed by atoms with Crippen LogP contribution in [0, 0.1) is 5.82 Å². The number of ether oxygens (including phenoxy) is 1. The van der Waals surface area contributed by atoms with E-state index in [9.17, 15) is 9.50 Å². The van der Waals surface area contributed by atoms with Crippen molar-refractivity contribution in [2.75, 3.05) is 12.0 Å². The number of aliphatic hydroxyl groups is 1. The third kappa shape index (κ3) is 1.80. The zero-order valence-corrected chi connectivity index (χ0v) is 10.2. The Balaban J connectivity index is 1.91. The summed E-state index contributed by atoms with van der Waals surface area (Å²) in [5.74, 6) is -0.0659. The molecule has 2 fully saturated rings. The number of fused-ring (bicyclic) bond motifs is 2. The molecular weight excluding hydrogens is 237 g/mol. The predicted molar refractivity (Wildman–Crippen MR) is 63.1 cm³/mol. The summed E-state index contributed by atoms with van der Waals surface area (Å²) in [4.78, 5) is 10.3. The van der Waals surface area contributed by atoms with Gasteiger partial charge in [0.05, 0.1) is 19.4 Å². The summed E-state index contributed by atoms with van der Waals surface area (Å²) in [6, 6.07) is 0.517. The molecule has 98 valence electrons. The molecule has 3 atom stereocenters. The number of hydrogen-bond acceptors (Lipinski definition) is 5. The van der Waals surface area contributed by atoms with Gasteiger partial charge in [-0.15, -0.1) is 0 Å². The Morgan fingerprint density at radius 3 is 2.67 bits per heavy atom. The number of aromatic nitrogens is 2. The number of hydrogen-bond donors (Lipinski definition) is 1. The minimum atomic E-state index is -0.550. The normalized spacial score (nSPS) is 30.6. The van der Waals surface area contributed by atoms with Crippen LogP contribution in [0.2, 0.25) is 0 Å². The molecule has 1 unspecified atom stereocenters. The summed E-state index contributed by atoms with van der Waals surface area (Å²) in [6.45, 7) is 0. The quantitative estimate of drug-likeness (QED) is 0.855. The fraction of sp³-hybridized carbons (Fsp3) is 0.667. The van der Waals surface area contributed by atoms with Crippen molar-refractivity contribution >= 4 is 5.95 Å². The maximum atomic E-state index is 13.3. The number of aliphatic hydroxyl groups excluding tert-OH is 1. The van der Waals surface area contributed by atoms with Crippen LogP contribution < -0.4 is 9.64 Å². The molecule has 0 amide bonds. The minimum Gasteiger partial charge on any atom is -0.479 e. The second kappa shape index (κ2) is 4.35. The second-order valence-corrected chi connectivity index (χ2v) is 4.94. The van der Waals surface area contributed by atoms with Gasteiger partial charge in [-0.25, -0.2) is 4.98 Å². The molecule has 1 N–H and O–H groups in total. The van der Waals surface area contributed by atoms with E-state index in [4.69, 9.17) is 4.74 Å². The first-order chi connectivity index (χ1) is 8.69. The van der Waals surface area contributed by atoms with Crippen LogP contribution in [0.3, 0.4) is 0 Å². The van der Waals surface area contributed by atoms with Crippen LogP contribution in [0.5, 0.6) is 5.88 Å². The van der Waals surface area contributed by atoms with Crippen molar-refractivity contribution in [2.24, 2.45) is 0 Å². The van der Waals surface area contributed by atoms with E-state index < -0.39 is 5.82 Å². The Kier molecular flexibility index (Phi) is 2.81. The van der Waals surface area contributed by atoms with Gasteiger partial charge >= 0.3 is 0 Å². The smallest absolute Gasteiger partial charge is 0.255 e. The molecule has 1 aromatic heterocycles. The lowest BCUT2D eigenvalue weighted by Gasteiger charge is -2.37. The first-order valence-corrected chi connectivity index (χ1v) is 6.22. The van der Waals surface area contributed by atoms with Crippen molar-refractivity contribution in [2.45, 2.75) is 43.9 Å². The summed E-state index contributed by atoms with van der Waals surface area (Å²) in [5, 5.41) is 9.75. The van der Waals surface area contributed by atoms with Gasteiger partial charge in [-0.05, 0) is 25.7 Å². The number of rotatable bonds is 2. The van der Waals surface area contributed by atoms with E-state index in [1.165, 1.54) is 7.11 Å². The maximum absolute atomic E-state index is 13.3. The molecule has 5 nitrogen and oxygen atoms in total. The van der Waals surface area contributed by atoms with E-state index in [1.807, 2.05) is 0 Å². The van der Waals surface area contributed by atoms with Crippen LogP contribution in [0.15, 0.2) is 6.20 Å². The van der Waals surface area contributed by atoms with Crippen molar-refractivity contribution in [1.82, 2.24) is 9.97 Å². The molecular formula is C12H16FN3O2. The van der Waals surface area contributed by atoms with Gasteiger partial charge in [-0.2, -0.15) is 9.37 Å². The van der Waals surface area contributed by atoms with E-state index in [-0.39, 0.29) is 24.1 Å². The molecule has 6 heteroatoms. The molecule has 3 rings (SSSR count). The van der Waals surface area contributed by atoms with Gasteiger partial charge in [0.25, 0.3) is 5.88 Å². The predicted octanol–water partition coefficient (Wildman–Crippen LogP) is 1.12. The fourth-order valence-electron chi connectivity index (χ4n) is 3.09. The zero-order chi connectivity index (χ0) is 12.7. The Bertz CT molecular complexity index is 443. The Morgan fingerprint density at radius 1 is 1.39 bits per heavy atom. The van der Waals surface area contributed by atoms with Crippen molar-refractivity contribution in [1.29, 1.82) is 0 Å². The first-order valence-electron chi connectivity index (χ1n) is 6.22. The van der Waals surface area contributed by atoms with E-state index in [1.54, 1.807) is 0 Å². The molecule has 0 aliphatic carbocycles. The van der Waals surface area contributed by atoms with Gasteiger partial charge < -0.3 is 14.7 Å². The van der Waals surface area contributed by atoms with E-state index in [2.05, 4.69) is 14.9 Å². The number of methoxy groups -OCH3 is 1. The summed E-state index contributed by atoms with van der Waals surface area (Å²) < 4.78 is 18.2. The highest BCUT2D eigenvalue weighted by atomic mass is 19.1. The molecule has 0 aromatic carbocycles. The average molecular weight is 253 g/mol. The van der Waals surface area contributed by atoms with Gasteiger partial charge in [-0.1, -0.05) is 0 Å². The van der Waals surface area contributed by atoms with E-state index in [0.29, 0.717) is 5.95 Å². The second-order valence-electron chi connectivity index (χ2n) is 4.94. The van der Waals surface area contributed by atoms with E-state index in [0.717, 1.165) is 31.9 Å². The molecule has 3 heterocycles. The van der Waals surface area contributed by atoms with Crippen molar-refractivity contribution in [3.05, 3.63) is 12.0 Å². The third-order valence-electron chi connectivity index (χ3n) is 3.83. The number of piperidine rings is 1. The zero-order valence-electron chi connectivity index (χ0n) is 10.2. The molecule has 1 aromatic rings. The molecule has 0 radical (unpaired) electrons. The van der Waals surface area contributed by atoms with Gasteiger partial charge in [-0.3, -0.25) is 0 Å². The summed E-state index contributed by atoms with van der Waals surface area (Å²) >= 11 is 0. The van der Waals surface area contributed by atoms with Gasteiger partial charge in [0, 0.05) is 12.1 Å². The summed E-state index contributed by atoms with van der Waals surface area (Å²) in [7, 11) is 1.39.